The van der Waals surface area contributed by atoms with Crippen LogP contribution in [0.15, 0.2) is 59.8 Å². The molecule has 0 saturated heterocycles. The number of benzene rings is 2. The van der Waals surface area contributed by atoms with Crippen molar-refractivity contribution in [2.45, 2.75) is 44.6 Å². The molecule has 0 unspecified atom stereocenters. The molecule has 0 aliphatic heterocycles. The van der Waals surface area contributed by atoms with Gasteiger partial charge in [0.2, 0.25) is 5.91 Å². The second kappa shape index (κ2) is 9.06. The van der Waals surface area contributed by atoms with E-state index in [0.717, 1.165) is 34.3 Å². The quantitative estimate of drug-likeness (QED) is 0.540. The molecule has 0 radical (unpaired) electrons. The Labute approximate surface area is 170 Å². The number of aromatic nitrogens is 3. The van der Waals surface area contributed by atoms with Crippen LogP contribution in [-0.2, 0) is 11.3 Å². The van der Waals surface area contributed by atoms with Gasteiger partial charge in [-0.3, -0.25) is 4.79 Å². The van der Waals surface area contributed by atoms with Crippen molar-refractivity contribution in [1.29, 1.82) is 0 Å². The van der Waals surface area contributed by atoms with Crippen molar-refractivity contribution < 1.29 is 4.79 Å². The minimum absolute atomic E-state index is 0.0711. The summed E-state index contributed by atoms with van der Waals surface area (Å²) < 4.78 is 2.08. The molecule has 3 rings (SSSR count). The summed E-state index contributed by atoms with van der Waals surface area (Å²) in [4.78, 5) is 14.9. The molecular formula is C22H26N4OS. The number of hydrogen-bond donors (Lipinski definition) is 0. The number of carbonyl (C=O) groups excluding carboxylic acids is 1. The zero-order valence-electron chi connectivity index (χ0n) is 16.8. The predicted octanol–water partition coefficient (Wildman–Crippen LogP) is 4.81. The van der Waals surface area contributed by atoms with Crippen LogP contribution in [-0.4, -0.2) is 32.5 Å². The first-order chi connectivity index (χ1) is 13.6. The molecule has 1 atom stereocenters. The van der Waals surface area contributed by atoms with E-state index in [1.807, 2.05) is 61.2 Å². The average Bonchev–Trinajstić information content (AvgIpc) is 3.11. The summed E-state index contributed by atoms with van der Waals surface area (Å²) in [7, 11) is 0. The topological polar surface area (TPSA) is 51.0 Å². The molecule has 1 heterocycles. The summed E-state index contributed by atoms with van der Waals surface area (Å²) in [6.07, 6.45) is 0. The molecular weight excluding hydrogens is 368 g/mol. The van der Waals surface area contributed by atoms with Crippen LogP contribution >= 0.6 is 11.8 Å². The lowest BCUT2D eigenvalue weighted by Crippen LogP contribution is -2.36. The number of carbonyl (C=O) groups is 1. The third kappa shape index (κ3) is 4.12. The van der Waals surface area contributed by atoms with Crippen LogP contribution in [0.3, 0.4) is 0 Å². The maximum absolute atomic E-state index is 13.1. The van der Waals surface area contributed by atoms with E-state index < -0.39 is 0 Å². The standard InChI is InChI=1S/C22H26N4OS/c1-5-25(18-13-8-7-9-14-18)21(27)17(4)28-22-24-23-20(26(22)6-2)19-15-11-10-12-16(19)3/h7-15,17H,5-6H2,1-4H3/t17-/m0/s1. The second-order valence-electron chi connectivity index (χ2n) is 6.54. The zero-order valence-corrected chi connectivity index (χ0v) is 17.6. The SMILES string of the molecule is CCN(C(=O)[C@H](C)Sc1nnc(-c2ccccc2C)n1CC)c1ccccc1. The summed E-state index contributed by atoms with van der Waals surface area (Å²) in [6.45, 7) is 9.44. The number of anilines is 1. The minimum atomic E-state index is -0.264. The molecule has 1 aromatic heterocycles. The monoisotopic (exact) mass is 394 g/mol. The Morgan fingerprint density at radius 1 is 1.07 bits per heavy atom. The molecule has 3 aromatic rings. The molecule has 28 heavy (non-hydrogen) atoms. The lowest BCUT2D eigenvalue weighted by atomic mass is 10.1. The number of amides is 1. The largest absolute Gasteiger partial charge is 0.312 e. The fourth-order valence-corrected chi connectivity index (χ4v) is 4.16. The summed E-state index contributed by atoms with van der Waals surface area (Å²) >= 11 is 1.46. The molecule has 0 aliphatic carbocycles. The molecule has 6 heteroatoms. The first-order valence-corrected chi connectivity index (χ1v) is 10.5. The molecule has 5 nitrogen and oxygen atoms in total. The number of hydrogen-bond acceptors (Lipinski definition) is 4. The van der Waals surface area contributed by atoms with Gasteiger partial charge in [-0.1, -0.05) is 54.2 Å². The Hall–Kier alpha value is -2.60. The highest BCUT2D eigenvalue weighted by Crippen LogP contribution is 2.29. The second-order valence-corrected chi connectivity index (χ2v) is 7.85. The van der Waals surface area contributed by atoms with Crippen molar-refractivity contribution in [2.75, 3.05) is 11.4 Å². The highest BCUT2D eigenvalue weighted by atomic mass is 32.2. The van der Waals surface area contributed by atoms with Crippen molar-refractivity contribution in [3.05, 3.63) is 60.2 Å². The van der Waals surface area contributed by atoms with E-state index in [4.69, 9.17) is 0 Å². The molecule has 0 aliphatic rings. The smallest absolute Gasteiger partial charge is 0.240 e. The van der Waals surface area contributed by atoms with E-state index in [2.05, 4.69) is 40.7 Å². The van der Waals surface area contributed by atoms with E-state index in [9.17, 15) is 4.79 Å². The van der Waals surface area contributed by atoms with E-state index in [-0.39, 0.29) is 11.2 Å². The Morgan fingerprint density at radius 2 is 1.75 bits per heavy atom. The molecule has 0 bridgehead atoms. The minimum Gasteiger partial charge on any atom is -0.312 e. The van der Waals surface area contributed by atoms with Gasteiger partial charge in [-0.25, -0.2) is 0 Å². The predicted molar refractivity (Wildman–Crippen MR) is 116 cm³/mol. The van der Waals surface area contributed by atoms with Gasteiger partial charge in [0.1, 0.15) is 0 Å². The number of aryl methyl sites for hydroxylation is 1. The fourth-order valence-electron chi connectivity index (χ4n) is 3.19. The molecule has 2 aromatic carbocycles. The number of rotatable bonds is 7. The molecule has 0 N–H and O–H groups in total. The van der Waals surface area contributed by atoms with Gasteiger partial charge < -0.3 is 9.47 Å². The van der Waals surface area contributed by atoms with E-state index >= 15 is 0 Å². The van der Waals surface area contributed by atoms with E-state index in [1.54, 1.807) is 0 Å². The Kier molecular flexibility index (Phi) is 6.52. The highest BCUT2D eigenvalue weighted by Gasteiger charge is 2.25. The van der Waals surface area contributed by atoms with Crippen molar-refractivity contribution in [1.82, 2.24) is 14.8 Å². The summed E-state index contributed by atoms with van der Waals surface area (Å²) in [5, 5.41) is 9.32. The first kappa shape index (κ1) is 20.1. The number of para-hydroxylation sites is 1. The Morgan fingerprint density at radius 3 is 2.39 bits per heavy atom. The maximum Gasteiger partial charge on any atom is 0.240 e. The van der Waals surface area contributed by atoms with Crippen LogP contribution in [0.2, 0.25) is 0 Å². The van der Waals surface area contributed by atoms with Gasteiger partial charge in [0.25, 0.3) is 0 Å². The lowest BCUT2D eigenvalue weighted by Gasteiger charge is -2.24. The zero-order chi connectivity index (χ0) is 20.1. The maximum atomic E-state index is 13.1. The van der Waals surface area contributed by atoms with Crippen molar-refractivity contribution >= 4 is 23.4 Å². The van der Waals surface area contributed by atoms with Gasteiger partial charge in [0.05, 0.1) is 5.25 Å². The van der Waals surface area contributed by atoms with Crippen LogP contribution in [0.5, 0.6) is 0 Å². The Balaban J connectivity index is 1.83. The average molecular weight is 395 g/mol. The van der Waals surface area contributed by atoms with Gasteiger partial charge in [0.15, 0.2) is 11.0 Å². The normalized spacial score (nSPS) is 12.0. The highest BCUT2D eigenvalue weighted by molar-refractivity contribution is 8.00. The van der Waals surface area contributed by atoms with Crippen molar-refractivity contribution in [3.8, 4) is 11.4 Å². The van der Waals surface area contributed by atoms with E-state index in [0.29, 0.717) is 6.54 Å². The summed E-state index contributed by atoms with van der Waals surface area (Å²) in [5.74, 6) is 0.917. The Bertz CT molecular complexity index is 939. The van der Waals surface area contributed by atoms with Gasteiger partial charge in [-0.2, -0.15) is 0 Å². The van der Waals surface area contributed by atoms with Crippen molar-refractivity contribution in [3.63, 3.8) is 0 Å². The number of thioether (sulfide) groups is 1. The third-order valence-electron chi connectivity index (χ3n) is 4.70. The molecule has 0 saturated carbocycles. The van der Waals surface area contributed by atoms with Crippen LogP contribution in [0.25, 0.3) is 11.4 Å². The van der Waals surface area contributed by atoms with Crippen LogP contribution in [0.1, 0.15) is 26.3 Å². The molecule has 0 spiro atoms. The van der Waals surface area contributed by atoms with Crippen LogP contribution in [0.4, 0.5) is 5.69 Å². The van der Waals surface area contributed by atoms with Gasteiger partial charge in [-0.15, -0.1) is 10.2 Å². The van der Waals surface area contributed by atoms with Gasteiger partial charge >= 0.3 is 0 Å². The van der Waals surface area contributed by atoms with E-state index in [1.165, 1.54) is 11.8 Å². The first-order valence-electron chi connectivity index (χ1n) is 9.59. The van der Waals surface area contributed by atoms with Crippen LogP contribution < -0.4 is 4.90 Å². The molecule has 146 valence electrons. The van der Waals surface area contributed by atoms with Gasteiger partial charge in [-0.05, 0) is 45.4 Å². The lowest BCUT2D eigenvalue weighted by molar-refractivity contribution is -0.117. The summed E-state index contributed by atoms with van der Waals surface area (Å²) in [5.41, 5.74) is 3.15. The fraction of sp³-hybridized carbons (Fsp3) is 0.318. The molecule has 1 amide bonds. The molecule has 0 fully saturated rings. The van der Waals surface area contributed by atoms with Gasteiger partial charge in [0, 0.05) is 24.3 Å². The van der Waals surface area contributed by atoms with Crippen LogP contribution in [0, 0.1) is 6.92 Å². The van der Waals surface area contributed by atoms with Crippen molar-refractivity contribution in [2.24, 2.45) is 0 Å². The number of nitrogens with zero attached hydrogens (tertiary/aromatic N) is 4. The third-order valence-corrected chi connectivity index (χ3v) is 5.77. The summed E-state index contributed by atoms with van der Waals surface area (Å²) in [6, 6.07) is 17.9.